The molecule has 0 bridgehead atoms. The number of aryl methyl sites for hydroxylation is 1. The van der Waals surface area contributed by atoms with Crippen LogP contribution in [0.25, 0.3) is 28.0 Å². The van der Waals surface area contributed by atoms with Gasteiger partial charge in [-0.05, 0) is 60.5 Å². The van der Waals surface area contributed by atoms with Gasteiger partial charge in [-0.3, -0.25) is 9.59 Å². The SMILES string of the molecule is COc1ccc(/C=C/C(=O)Nc2ccc3c(=O)c4cc(Cl)c(C)cc4oc3c2)cc1. The third-order valence-electron chi connectivity index (χ3n) is 4.76. The molecule has 0 unspecified atom stereocenters. The average molecular weight is 420 g/mol. The second kappa shape index (κ2) is 8.05. The van der Waals surface area contributed by atoms with E-state index in [2.05, 4.69) is 5.32 Å². The summed E-state index contributed by atoms with van der Waals surface area (Å²) in [6.07, 6.45) is 3.14. The molecule has 1 N–H and O–H groups in total. The second-order valence-corrected chi connectivity index (χ2v) is 7.24. The number of amides is 1. The predicted molar refractivity (Wildman–Crippen MR) is 120 cm³/mol. The fourth-order valence-electron chi connectivity index (χ4n) is 3.12. The summed E-state index contributed by atoms with van der Waals surface area (Å²) in [5.41, 5.74) is 2.91. The van der Waals surface area contributed by atoms with Gasteiger partial charge in [-0.25, -0.2) is 0 Å². The molecule has 0 fully saturated rings. The number of rotatable bonds is 4. The van der Waals surface area contributed by atoms with Gasteiger partial charge in [-0.1, -0.05) is 23.7 Å². The lowest BCUT2D eigenvalue weighted by atomic mass is 10.1. The summed E-state index contributed by atoms with van der Waals surface area (Å²) in [7, 11) is 1.60. The van der Waals surface area contributed by atoms with Crippen LogP contribution in [-0.4, -0.2) is 13.0 Å². The molecule has 150 valence electrons. The van der Waals surface area contributed by atoms with Crippen molar-refractivity contribution in [1.82, 2.24) is 0 Å². The van der Waals surface area contributed by atoms with E-state index in [1.165, 1.54) is 6.08 Å². The summed E-state index contributed by atoms with van der Waals surface area (Å²) in [5.74, 6) is 0.454. The normalized spacial score (nSPS) is 11.3. The molecule has 0 spiro atoms. The van der Waals surface area contributed by atoms with Crippen molar-refractivity contribution in [3.8, 4) is 5.75 Å². The molecule has 1 heterocycles. The molecule has 0 atom stereocenters. The average Bonchev–Trinajstić information content (AvgIpc) is 2.74. The zero-order valence-corrected chi connectivity index (χ0v) is 17.1. The topological polar surface area (TPSA) is 68.5 Å². The lowest BCUT2D eigenvalue weighted by Crippen LogP contribution is -2.08. The highest BCUT2D eigenvalue weighted by molar-refractivity contribution is 6.32. The van der Waals surface area contributed by atoms with E-state index in [9.17, 15) is 9.59 Å². The van der Waals surface area contributed by atoms with E-state index in [0.717, 1.165) is 16.9 Å². The fourth-order valence-corrected chi connectivity index (χ4v) is 3.29. The van der Waals surface area contributed by atoms with E-state index in [4.69, 9.17) is 20.8 Å². The van der Waals surface area contributed by atoms with Crippen molar-refractivity contribution in [1.29, 1.82) is 0 Å². The summed E-state index contributed by atoms with van der Waals surface area (Å²) in [6, 6.07) is 15.7. The van der Waals surface area contributed by atoms with Crippen molar-refractivity contribution in [2.24, 2.45) is 0 Å². The molecule has 6 heteroatoms. The van der Waals surface area contributed by atoms with Gasteiger partial charge in [-0.15, -0.1) is 0 Å². The van der Waals surface area contributed by atoms with Gasteiger partial charge >= 0.3 is 0 Å². The summed E-state index contributed by atoms with van der Waals surface area (Å²) < 4.78 is 11.0. The maximum atomic E-state index is 12.8. The first kappa shape index (κ1) is 19.7. The first-order valence-corrected chi connectivity index (χ1v) is 9.62. The van der Waals surface area contributed by atoms with Crippen molar-refractivity contribution >= 4 is 51.2 Å². The summed E-state index contributed by atoms with van der Waals surface area (Å²) in [5, 5.41) is 4.15. The van der Waals surface area contributed by atoms with E-state index < -0.39 is 0 Å². The van der Waals surface area contributed by atoms with Gasteiger partial charge in [0.05, 0.1) is 17.9 Å². The monoisotopic (exact) mass is 419 g/mol. The lowest BCUT2D eigenvalue weighted by Gasteiger charge is -2.06. The van der Waals surface area contributed by atoms with Crippen LogP contribution in [0, 0.1) is 6.92 Å². The molecule has 0 aliphatic rings. The number of hydrogen-bond donors (Lipinski definition) is 1. The van der Waals surface area contributed by atoms with Crippen molar-refractivity contribution in [2.45, 2.75) is 6.92 Å². The number of fused-ring (bicyclic) bond motifs is 2. The van der Waals surface area contributed by atoms with Gasteiger partial charge < -0.3 is 14.5 Å². The van der Waals surface area contributed by atoms with Gasteiger partial charge in [0.1, 0.15) is 16.9 Å². The van der Waals surface area contributed by atoms with Gasteiger partial charge in [0, 0.05) is 22.9 Å². The largest absolute Gasteiger partial charge is 0.497 e. The maximum Gasteiger partial charge on any atom is 0.248 e. The third kappa shape index (κ3) is 3.93. The number of anilines is 1. The molecule has 0 saturated carbocycles. The van der Waals surface area contributed by atoms with E-state index in [1.807, 2.05) is 31.2 Å². The first-order chi connectivity index (χ1) is 14.4. The Labute approximate surface area is 177 Å². The number of carbonyl (C=O) groups excluding carboxylic acids is 1. The van der Waals surface area contributed by atoms with E-state index >= 15 is 0 Å². The smallest absolute Gasteiger partial charge is 0.248 e. The summed E-state index contributed by atoms with van der Waals surface area (Å²) in [6.45, 7) is 1.85. The number of halogens is 1. The number of hydrogen-bond acceptors (Lipinski definition) is 4. The minimum absolute atomic E-state index is 0.162. The zero-order valence-electron chi connectivity index (χ0n) is 16.4. The van der Waals surface area contributed by atoms with Crippen LogP contribution in [0.3, 0.4) is 0 Å². The lowest BCUT2D eigenvalue weighted by molar-refractivity contribution is -0.111. The number of benzene rings is 3. The summed E-state index contributed by atoms with van der Waals surface area (Å²) >= 11 is 6.14. The molecule has 4 rings (SSSR count). The minimum atomic E-state index is -0.295. The second-order valence-electron chi connectivity index (χ2n) is 6.84. The molecule has 30 heavy (non-hydrogen) atoms. The molecular weight excluding hydrogens is 402 g/mol. The molecular formula is C24H18ClNO4. The Hall–Kier alpha value is -3.57. The van der Waals surface area contributed by atoms with Crippen molar-refractivity contribution in [2.75, 3.05) is 12.4 Å². The molecule has 0 radical (unpaired) electrons. The fraction of sp³-hybridized carbons (Fsp3) is 0.0833. The molecule has 3 aromatic carbocycles. The van der Waals surface area contributed by atoms with E-state index in [-0.39, 0.29) is 11.3 Å². The standard InChI is InChI=1S/C24H18ClNO4/c1-14-11-21-19(13-20(14)25)24(28)18-9-6-16(12-22(18)30-21)26-23(27)10-5-15-3-7-17(29-2)8-4-15/h3-13H,1-2H3,(H,26,27)/b10-5+. The van der Waals surface area contributed by atoms with Crippen LogP contribution < -0.4 is 15.5 Å². The van der Waals surface area contributed by atoms with E-state index in [0.29, 0.717) is 32.6 Å². The van der Waals surface area contributed by atoms with Gasteiger partial charge in [0.2, 0.25) is 11.3 Å². The highest BCUT2D eigenvalue weighted by atomic mass is 35.5. The third-order valence-corrected chi connectivity index (χ3v) is 5.17. The number of carbonyl (C=O) groups is 1. The highest BCUT2D eigenvalue weighted by Gasteiger charge is 2.11. The molecule has 0 aliphatic carbocycles. The highest BCUT2D eigenvalue weighted by Crippen LogP contribution is 2.26. The van der Waals surface area contributed by atoms with E-state index in [1.54, 1.807) is 43.5 Å². The predicted octanol–water partition coefficient (Wildman–Crippen LogP) is 5.57. The van der Waals surface area contributed by atoms with Gasteiger partial charge in [0.25, 0.3) is 0 Å². The Bertz CT molecular complexity index is 1350. The van der Waals surface area contributed by atoms with Crippen LogP contribution in [0.5, 0.6) is 5.75 Å². The number of ether oxygens (including phenoxy) is 1. The van der Waals surface area contributed by atoms with Crippen LogP contribution in [-0.2, 0) is 4.79 Å². The Balaban J connectivity index is 1.60. The first-order valence-electron chi connectivity index (χ1n) is 9.24. The molecule has 1 aromatic heterocycles. The minimum Gasteiger partial charge on any atom is -0.497 e. The van der Waals surface area contributed by atoms with Crippen LogP contribution >= 0.6 is 11.6 Å². The molecule has 5 nitrogen and oxygen atoms in total. The number of methoxy groups -OCH3 is 1. The molecule has 0 saturated heterocycles. The summed E-state index contributed by atoms with van der Waals surface area (Å²) in [4.78, 5) is 25.0. The quantitative estimate of drug-likeness (QED) is 0.347. The van der Waals surface area contributed by atoms with Crippen LogP contribution in [0.15, 0.2) is 69.9 Å². The Morgan fingerprint density at radius 2 is 1.77 bits per heavy atom. The van der Waals surface area contributed by atoms with Gasteiger partial charge in [0.15, 0.2) is 0 Å². The molecule has 0 aliphatic heterocycles. The number of nitrogens with one attached hydrogen (secondary N) is 1. The van der Waals surface area contributed by atoms with Crippen LogP contribution in [0.1, 0.15) is 11.1 Å². The Morgan fingerprint density at radius 3 is 2.50 bits per heavy atom. The van der Waals surface area contributed by atoms with Crippen LogP contribution in [0.2, 0.25) is 5.02 Å². The maximum absolute atomic E-state index is 12.8. The van der Waals surface area contributed by atoms with Crippen LogP contribution in [0.4, 0.5) is 5.69 Å². The Kier molecular flexibility index (Phi) is 5.29. The molecule has 4 aromatic rings. The van der Waals surface area contributed by atoms with Crippen molar-refractivity contribution in [3.05, 3.63) is 87.0 Å². The molecule has 1 amide bonds. The Morgan fingerprint density at radius 1 is 1.03 bits per heavy atom. The van der Waals surface area contributed by atoms with Gasteiger partial charge in [-0.2, -0.15) is 0 Å². The van der Waals surface area contributed by atoms with Crippen molar-refractivity contribution in [3.63, 3.8) is 0 Å². The van der Waals surface area contributed by atoms with Crippen molar-refractivity contribution < 1.29 is 13.9 Å². The zero-order chi connectivity index (χ0) is 21.3.